The summed E-state index contributed by atoms with van der Waals surface area (Å²) in [4.78, 5) is 30.3. The molecule has 0 fully saturated rings. The number of hydrogen-bond acceptors (Lipinski definition) is 5. The third-order valence-corrected chi connectivity index (χ3v) is 6.85. The van der Waals surface area contributed by atoms with Gasteiger partial charge in [-0.15, -0.1) is 11.8 Å². The van der Waals surface area contributed by atoms with Crippen molar-refractivity contribution in [2.45, 2.75) is 30.4 Å². The summed E-state index contributed by atoms with van der Waals surface area (Å²) in [6, 6.07) is 23.2. The van der Waals surface area contributed by atoms with Gasteiger partial charge in [0, 0.05) is 10.6 Å². The second-order valence-electron chi connectivity index (χ2n) is 7.47. The zero-order chi connectivity index (χ0) is 22.5. The molecule has 0 aliphatic carbocycles. The molecule has 3 aromatic carbocycles. The number of aryl methyl sites for hydroxylation is 1. The molecule has 32 heavy (non-hydrogen) atoms. The minimum absolute atomic E-state index is 0.0598. The van der Waals surface area contributed by atoms with Crippen LogP contribution in [0.4, 0.5) is 10.8 Å². The van der Waals surface area contributed by atoms with E-state index in [-0.39, 0.29) is 17.1 Å². The van der Waals surface area contributed by atoms with E-state index in [0.717, 1.165) is 26.4 Å². The van der Waals surface area contributed by atoms with Gasteiger partial charge in [-0.05, 0) is 61.4 Å². The average Bonchev–Trinajstić information content (AvgIpc) is 3.17. The van der Waals surface area contributed by atoms with Crippen LogP contribution in [0.3, 0.4) is 0 Å². The maximum Gasteiger partial charge on any atom is 0.239 e. The zero-order valence-corrected chi connectivity index (χ0v) is 19.4. The lowest BCUT2D eigenvalue weighted by molar-refractivity contribution is -0.116. The molecule has 7 heteroatoms. The fraction of sp³-hybridized carbons (Fsp3) is 0.160. The largest absolute Gasteiger partial charge is 0.326 e. The highest BCUT2D eigenvalue weighted by molar-refractivity contribution is 8.00. The molecule has 2 amide bonds. The summed E-state index contributed by atoms with van der Waals surface area (Å²) in [6.45, 7) is 3.91. The number of amides is 2. The molecule has 0 spiro atoms. The van der Waals surface area contributed by atoms with Crippen LogP contribution in [0.5, 0.6) is 0 Å². The molecule has 4 rings (SSSR count). The van der Waals surface area contributed by atoms with Crippen LogP contribution in [0.2, 0.25) is 0 Å². The first kappa shape index (κ1) is 22.0. The molecular weight excluding hydrogens is 438 g/mol. The third-order valence-electron chi connectivity index (χ3n) is 4.80. The number of nitrogens with zero attached hydrogens (tertiary/aromatic N) is 1. The first-order chi connectivity index (χ1) is 15.5. The van der Waals surface area contributed by atoms with Crippen LogP contribution in [0.25, 0.3) is 10.2 Å². The van der Waals surface area contributed by atoms with Crippen LogP contribution in [0, 0.1) is 6.92 Å². The SMILES string of the molecule is Cc1ccc2nc(NC(=O)C(C)Sc3ccc(NC(=O)Cc4ccccc4)cc3)sc2c1. The Hall–Kier alpha value is -3.16. The van der Waals surface area contributed by atoms with Gasteiger partial charge in [0.2, 0.25) is 11.8 Å². The van der Waals surface area contributed by atoms with Crippen molar-refractivity contribution in [1.29, 1.82) is 0 Å². The molecule has 4 aromatic rings. The van der Waals surface area contributed by atoms with Crippen molar-refractivity contribution < 1.29 is 9.59 Å². The van der Waals surface area contributed by atoms with Gasteiger partial charge in [-0.3, -0.25) is 9.59 Å². The van der Waals surface area contributed by atoms with Gasteiger partial charge in [-0.2, -0.15) is 0 Å². The molecule has 5 nitrogen and oxygen atoms in total. The Labute approximate surface area is 195 Å². The number of thioether (sulfide) groups is 1. The van der Waals surface area contributed by atoms with E-state index in [2.05, 4.69) is 21.7 Å². The van der Waals surface area contributed by atoms with E-state index in [4.69, 9.17) is 0 Å². The van der Waals surface area contributed by atoms with Crippen molar-refractivity contribution in [3.63, 3.8) is 0 Å². The molecular formula is C25H23N3O2S2. The van der Waals surface area contributed by atoms with Gasteiger partial charge >= 0.3 is 0 Å². The van der Waals surface area contributed by atoms with E-state index < -0.39 is 0 Å². The van der Waals surface area contributed by atoms with E-state index in [9.17, 15) is 9.59 Å². The summed E-state index contributed by atoms with van der Waals surface area (Å²) in [5, 5.41) is 6.15. The second-order valence-corrected chi connectivity index (χ2v) is 9.92. The molecule has 162 valence electrons. The smallest absolute Gasteiger partial charge is 0.239 e. The van der Waals surface area contributed by atoms with E-state index in [0.29, 0.717) is 11.6 Å². The highest BCUT2D eigenvalue weighted by Crippen LogP contribution is 2.29. The fourth-order valence-electron chi connectivity index (χ4n) is 3.15. The minimum Gasteiger partial charge on any atom is -0.326 e. The number of anilines is 2. The molecule has 0 aliphatic rings. The van der Waals surface area contributed by atoms with Gasteiger partial charge in [0.1, 0.15) is 0 Å². The lowest BCUT2D eigenvalue weighted by Crippen LogP contribution is -2.22. The molecule has 0 saturated heterocycles. The number of aromatic nitrogens is 1. The molecule has 1 aromatic heterocycles. The molecule has 0 saturated carbocycles. The second kappa shape index (κ2) is 9.97. The molecule has 0 aliphatic heterocycles. The summed E-state index contributed by atoms with van der Waals surface area (Å²) in [6.07, 6.45) is 0.333. The predicted molar refractivity (Wildman–Crippen MR) is 134 cm³/mol. The third kappa shape index (κ3) is 5.75. The number of fused-ring (bicyclic) bond motifs is 1. The Balaban J connectivity index is 1.31. The summed E-state index contributed by atoms with van der Waals surface area (Å²) in [5.74, 6) is -0.151. The molecule has 1 atom stereocenters. The zero-order valence-electron chi connectivity index (χ0n) is 17.8. The van der Waals surface area contributed by atoms with Gasteiger partial charge in [0.25, 0.3) is 0 Å². The average molecular weight is 462 g/mol. The Kier molecular flexibility index (Phi) is 6.87. The molecule has 2 N–H and O–H groups in total. The number of thiazole rings is 1. The number of nitrogens with one attached hydrogen (secondary N) is 2. The van der Waals surface area contributed by atoms with Crippen LogP contribution < -0.4 is 10.6 Å². The maximum absolute atomic E-state index is 12.6. The van der Waals surface area contributed by atoms with Crippen LogP contribution in [0.1, 0.15) is 18.1 Å². The predicted octanol–water partition coefficient (Wildman–Crippen LogP) is 5.91. The standard InChI is InChI=1S/C25H23N3O2S2/c1-16-8-13-21-22(14-16)32-25(27-21)28-24(30)17(2)31-20-11-9-19(10-12-20)26-23(29)15-18-6-4-3-5-7-18/h3-14,17H,15H2,1-2H3,(H,26,29)(H,27,28,30). The van der Waals surface area contributed by atoms with Crippen molar-refractivity contribution in [3.8, 4) is 0 Å². The number of carbonyl (C=O) groups is 2. The molecule has 0 bridgehead atoms. The van der Waals surface area contributed by atoms with Crippen molar-refractivity contribution in [2.75, 3.05) is 10.6 Å². The Morgan fingerprint density at radius 1 is 1.00 bits per heavy atom. The number of carbonyl (C=O) groups excluding carboxylic acids is 2. The van der Waals surface area contributed by atoms with E-state index >= 15 is 0 Å². The lowest BCUT2D eigenvalue weighted by Gasteiger charge is -2.11. The summed E-state index contributed by atoms with van der Waals surface area (Å²) >= 11 is 2.94. The summed E-state index contributed by atoms with van der Waals surface area (Å²) in [5.41, 5.74) is 3.76. The van der Waals surface area contributed by atoms with Crippen LogP contribution in [-0.4, -0.2) is 22.0 Å². The number of rotatable bonds is 7. The van der Waals surface area contributed by atoms with Gasteiger partial charge < -0.3 is 10.6 Å². The molecule has 1 unspecified atom stereocenters. The monoisotopic (exact) mass is 461 g/mol. The van der Waals surface area contributed by atoms with Crippen LogP contribution >= 0.6 is 23.1 Å². The lowest BCUT2D eigenvalue weighted by atomic mass is 10.1. The van der Waals surface area contributed by atoms with Crippen molar-refractivity contribution in [1.82, 2.24) is 4.98 Å². The quantitative estimate of drug-likeness (QED) is 0.336. The highest BCUT2D eigenvalue weighted by Gasteiger charge is 2.16. The molecule has 1 heterocycles. The van der Waals surface area contributed by atoms with Gasteiger partial charge in [0.15, 0.2) is 5.13 Å². The van der Waals surface area contributed by atoms with Crippen LogP contribution in [-0.2, 0) is 16.0 Å². The Morgan fingerprint density at radius 2 is 1.75 bits per heavy atom. The Bertz CT molecular complexity index is 1240. The fourth-order valence-corrected chi connectivity index (χ4v) is 4.99. The topological polar surface area (TPSA) is 71.1 Å². The van der Waals surface area contributed by atoms with E-state index in [1.54, 1.807) is 0 Å². The van der Waals surface area contributed by atoms with Crippen molar-refractivity contribution in [3.05, 3.63) is 83.9 Å². The van der Waals surface area contributed by atoms with E-state index in [1.165, 1.54) is 28.7 Å². The normalized spacial score (nSPS) is 11.8. The first-order valence-corrected chi connectivity index (χ1v) is 11.9. The minimum atomic E-state index is -0.290. The van der Waals surface area contributed by atoms with Crippen LogP contribution in [0.15, 0.2) is 77.7 Å². The molecule has 0 radical (unpaired) electrons. The Morgan fingerprint density at radius 3 is 2.50 bits per heavy atom. The van der Waals surface area contributed by atoms with Gasteiger partial charge in [-0.25, -0.2) is 4.98 Å². The first-order valence-electron chi connectivity index (χ1n) is 10.2. The van der Waals surface area contributed by atoms with Crippen molar-refractivity contribution in [2.24, 2.45) is 0 Å². The van der Waals surface area contributed by atoms with Gasteiger partial charge in [-0.1, -0.05) is 47.7 Å². The van der Waals surface area contributed by atoms with E-state index in [1.807, 2.05) is 80.6 Å². The van der Waals surface area contributed by atoms with Crippen molar-refractivity contribution >= 4 is 55.9 Å². The number of hydrogen-bond donors (Lipinski definition) is 2. The number of benzene rings is 3. The maximum atomic E-state index is 12.6. The highest BCUT2D eigenvalue weighted by atomic mass is 32.2. The van der Waals surface area contributed by atoms with Gasteiger partial charge in [0.05, 0.1) is 21.9 Å². The summed E-state index contributed by atoms with van der Waals surface area (Å²) < 4.78 is 1.06. The summed E-state index contributed by atoms with van der Waals surface area (Å²) in [7, 11) is 0.